The molecule has 1 unspecified atom stereocenters. The van der Waals surface area contributed by atoms with Crippen LogP contribution in [0.1, 0.15) is 31.7 Å². The summed E-state index contributed by atoms with van der Waals surface area (Å²) < 4.78 is 37.5. The van der Waals surface area contributed by atoms with Gasteiger partial charge in [-0.25, -0.2) is 0 Å². The predicted molar refractivity (Wildman–Crippen MR) is 75.2 cm³/mol. The lowest BCUT2D eigenvalue weighted by Crippen LogP contribution is -2.46. The van der Waals surface area contributed by atoms with Gasteiger partial charge in [-0.15, -0.1) is 0 Å². The van der Waals surface area contributed by atoms with E-state index in [4.69, 9.17) is 0 Å². The SMILES string of the molecule is CCC(C(=O)Nc1ccc(C(F)(F)F)cc1)N1C(=O)CCC1=O. The Morgan fingerprint density at radius 2 is 1.70 bits per heavy atom. The third-order valence-electron chi connectivity index (χ3n) is 3.57. The Labute approximate surface area is 130 Å². The Kier molecular flexibility index (Phi) is 4.72. The van der Waals surface area contributed by atoms with Gasteiger partial charge < -0.3 is 5.32 Å². The van der Waals surface area contributed by atoms with Gasteiger partial charge in [0.15, 0.2) is 0 Å². The minimum Gasteiger partial charge on any atom is -0.324 e. The highest BCUT2D eigenvalue weighted by molar-refractivity contribution is 6.07. The number of hydrogen-bond acceptors (Lipinski definition) is 3. The molecule has 1 saturated heterocycles. The highest BCUT2D eigenvalue weighted by atomic mass is 19.4. The van der Waals surface area contributed by atoms with E-state index in [9.17, 15) is 27.6 Å². The Morgan fingerprint density at radius 3 is 2.13 bits per heavy atom. The zero-order chi connectivity index (χ0) is 17.2. The maximum absolute atomic E-state index is 12.5. The van der Waals surface area contributed by atoms with Gasteiger partial charge >= 0.3 is 6.18 Å². The number of likely N-dealkylation sites (tertiary alicyclic amines) is 1. The highest BCUT2D eigenvalue weighted by Crippen LogP contribution is 2.30. The molecule has 0 saturated carbocycles. The Hall–Kier alpha value is -2.38. The van der Waals surface area contributed by atoms with Gasteiger partial charge in [0.25, 0.3) is 0 Å². The molecule has 0 aliphatic carbocycles. The zero-order valence-electron chi connectivity index (χ0n) is 12.3. The topological polar surface area (TPSA) is 66.5 Å². The van der Waals surface area contributed by atoms with Crippen LogP contribution in [0.2, 0.25) is 0 Å². The fourth-order valence-electron chi connectivity index (χ4n) is 2.39. The van der Waals surface area contributed by atoms with Crippen molar-refractivity contribution < 1.29 is 27.6 Å². The summed E-state index contributed by atoms with van der Waals surface area (Å²) in [7, 11) is 0. The first-order valence-corrected chi connectivity index (χ1v) is 7.07. The van der Waals surface area contributed by atoms with Gasteiger partial charge in [0.2, 0.25) is 17.7 Å². The number of carbonyl (C=O) groups excluding carboxylic acids is 3. The van der Waals surface area contributed by atoms with E-state index < -0.39 is 35.5 Å². The monoisotopic (exact) mass is 328 g/mol. The fourth-order valence-corrected chi connectivity index (χ4v) is 2.39. The molecule has 2 rings (SSSR count). The van der Waals surface area contributed by atoms with Crippen LogP contribution in [0, 0.1) is 0 Å². The fraction of sp³-hybridized carbons (Fsp3) is 0.400. The zero-order valence-corrected chi connectivity index (χ0v) is 12.3. The summed E-state index contributed by atoms with van der Waals surface area (Å²) in [6.45, 7) is 1.65. The average Bonchev–Trinajstić information content (AvgIpc) is 2.80. The third kappa shape index (κ3) is 3.69. The van der Waals surface area contributed by atoms with E-state index in [-0.39, 0.29) is 24.9 Å². The van der Waals surface area contributed by atoms with Crippen molar-refractivity contribution in [2.45, 2.75) is 38.4 Å². The number of benzene rings is 1. The van der Waals surface area contributed by atoms with Crippen molar-refractivity contribution in [2.75, 3.05) is 5.32 Å². The molecule has 1 heterocycles. The van der Waals surface area contributed by atoms with Gasteiger partial charge in [0, 0.05) is 18.5 Å². The van der Waals surface area contributed by atoms with Crippen LogP contribution in [0.4, 0.5) is 18.9 Å². The second-order valence-electron chi connectivity index (χ2n) is 5.15. The average molecular weight is 328 g/mol. The summed E-state index contributed by atoms with van der Waals surface area (Å²) in [6.07, 6.45) is -4.08. The van der Waals surface area contributed by atoms with Crippen molar-refractivity contribution in [1.82, 2.24) is 4.90 Å². The number of halogens is 3. The molecule has 3 amide bonds. The Balaban J connectivity index is 2.11. The van der Waals surface area contributed by atoms with Crippen molar-refractivity contribution in [3.05, 3.63) is 29.8 Å². The van der Waals surface area contributed by atoms with E-state index >= 15 is 0 Å². The normalized spacial score (nSPS) is 16.6. The minimum absolute atomic E-state index is 0.0723. The number of alkyl halides is 3. The van der Waals surface area contributed by atoms with E-state index in [1.165, 1.54) is 0 Å². The van der Waals surface area contributed by atoms with Crippen LogP contribution in [0.5, 0.6) is 0 Å². The lowest BCUT2D eigenvalue weighted by atomic mass is 10.1. The number of hydrogen-bond donors (Lipinski definition) is 1. The molecular weight excluding hydrogens is 313 g/mol. The Morgan fingerprint density at radius 1 is 1.17 bits per heavy atom. The van der Waals surface area contributed by atoms with Crippen molar-refractivity contribution in [3.8, 4) is 0 Å². The summed E-state index contributed by atoms with van der Waals surface area (Å²) >= 11 is 0. The smallest absolute Gasteiger partial charge is 0.324 e. The molecule has 1 aromatic carbocycles. The van der Waals surface area contributed by atoms with Gasteiger partial charge in [0.1, 0.15) is 6.04 Å². The third-order valence-corrected chi connectivity index (χ3v) is 3.57. The highest BCUT2D eigenvalue weighted by Gasteiger charge is 2.37. The maximum Gasteiger partial charge on any atom is 0.416 e. The molecular formula is C15H15F3N2O3. The van der Waals surface area contributed by atoms with E-state index in [0.717, 1.165) is 29.2 Å². The number of imide groups is 1. The number of rotatable bonds is 4. The van der Waals surface area contributed by atoms with Crippen molar-refractivity contribution in [1.29, 1.82) is 0 Å². The number of nitrogens with zero attached hydrogens (tertiary/aromatic N) is 1. The van der Waals surface area contributed by atoms with Gasteiger partial charge in [-0.05, 0) is 30.7 Å². The second-order valence-corrected chi connectivity index (χ2v) is 5.15. The molecule has 1 aromatic rings. The number of anilines is 1. The first-order valence-electron chi connectivity index (χ1n) is 7.07. The van der Waals surface area contributed by atoms with Gasteiger partial charge in [0.05, 0.1) is 5.56 Å². The molecule has 5 nitrogen and oxygen atoms in total. The first-order chi connectivity index (χ1) is 10.7. The standard InChI is InChI=1S/C15H15F3N2O3/c1-2-11(20-12(21)7-8-13(20)22)14(23)19-10-5-3-9(4-6-10)15(16,17)18/h3-6,11H,2,7-8H2,1H3,(H,19,23). The molecule has 1 fully saturated rings. The molecule has 0 radical (unpaired) electrons. The van der Waals surface area contributed by atoms with Crippen LogP contribution >= 0.6 is 0 Å². The van der Waals surface area contributed by atoms with Crippen molar-refractivity contribution in [3.63, 3.8) is 0 Å². The van der Waals surface area contributed by atoms with Crippen LogP contribution in [0.3, 0.4) is 0 Å². The molecule has 0 spiro atoms. The lowest BCUT2D eigenvalue weighted by molar-refractivity contribution is -0.145. The molecule has 1 aliphatic rings. The summed E-state index contributed by atoms with van der Waals surface area (Å²) in [4.78, 5) is 36.5. The van der Waals surface area contributed by atoms with Gasteiger partial charge in [-0.1, -0.05) is 6.92 Å². The maximum atomic E-state index is 12.5. The van der Waals surface area contributed by atoms with E-state index in [2.05, 4.69) is 5.32 Å². The van der Waals surface area contributed by atoms with Crippen LogP contribution in [-0.4, -0.2) is 28.7 Å². The number of nitrogens with one attached hydrogen (secondary N) is 1. The quantitative estimate of drug-likeness (QED) is 0.864. The van der Waals surface area contributed by atoms with Crippen LogP contribution in [0.15, 0.2) is 24.3 Å². The molecule has 1 aliphatic heterocycles. The van der Waals surface area contributed by atoms with Crippen LogP contribution in [-0.2, 0) is 20.6 Å². The minimum atomic E-state index is -4.46. The molecule has 23 heavy (non-hydrogen) atoms. The van der Waals surface area contributed by atoms with Crippen molar-refractivity contribution in [2.24, 2.45) is 0 Å². The summed E-state index contributed by atoms with van der Waals surface area (Å²) in [5.74, 6) is -1.43. The van der Waals surface area contributed by atoms with E-state index in [0.29, 0.717) is 0 Å². The second kappa shape index (κ2) is 6.39. The molecule has 124 valence electrons. The Bertz CT molecular complexity index is 610. The van der Waals surface area contributed by atoms with Crippen molar-refractivity contribution >= 4 is 23.4 Å². The van der Waals surface area contributed by atoms with Crippen LogP contribution < -0.4 is 5.32 Å². The summed E-state index contributed by atoms with van der Waals surface area (Å²) in [5, 5.41) is 2.44. The largest absolute Gasteiger partial charge is 0.416 e. The first kappa shape index (κ1) is 17.0. The molecule has 8 heteroatoms. The predicted octanol–water partition coefficient (Wildman–Crippen LogP) is 2.57. The molecule has 0 bridgehead atoms. The van der Waals surface area contributed by atoms with Gasteiger partial charge in [-0.3, -0.25) is 19.3 Å². The number of carbonyl (C=O) groups is 3. The summed E-state index contributed by atoms with van der Waals surface area (Å²) in [6, 6.07) is 2.99. The van der Waals surface area contributed by atoms with Gasteiger partial charge in [-0.2, -0.15) is 13.2 Å². The molecule has 1 N–H and O–H groups in total. The van der Waals surface area contributed by atoms with E-state index in [1.54, 1.807) is 6.92 Å². The number of amides is 3. The summed E-state index contributed by atoms with van der Waals surface area (Å²) in [5.41, 5.74) is -0.659. The molecule has 0 aromatic heterocycles. The lowest BCUT2D eigenvalue weighted by Gasteiger charge is -2.24. The van der Waals surface area contributed by atoms with E-state index in [1.807, 2.05) is 0 Å². The van der Waals surface area contributed by atoms with Crippen LogP contribution in [0.25, 0.3) is 0 Å². The molecule has 1 atom stereocenters.